The van der Waals surface area contributed by atoms with Crippen LogP contribution in [0.15, 0.2) is 55.0 Å². The Bertz CT molecular complexity index is 1460. The highest BCUT2D eigenvalue weighted by molar-refractivity contribution is 5.96. The first-order valence-corrected chi connectivity index (χ1v) is 14.3. The van der Waals surface area contributed by atoms with Crippen molar-refractivity contribution in [1.29, 1.82) is 0 Å². The molecule has 1 aliphatic heterocycles. The molecule has 11 nitrogen and oxygen atoms in total. The number of hydrogen-bond acceptors (Lipinski definition) is 9. The highest BCUT2D eigenvalue weighted by Gasteiger charge is 2.27. The van der Waals surface area contributed by atoms with Gasteiger partial charge in [-0.3, -0.25) is 14.7 Å². The minimum atomic E-state index is -0.741. The van der Waals surface area contributed by atoms with Gasteiger partial charge in [-0.25, -0.2) is 9.78 Å². The fraction of sp³-hybridized carbons (Fsp3) is 0.406. The largest absolute Gasteiger partial charge is 0.444 e. The second-order valence-corrected chi connectivity index (χ2v) is 11.1. The highest BCUT2D eigenvalue weighted by Crippen LogP contribution is 2.20. The van der Waals surface area contributed by atoms with Crippen LogP contribution in [0, 0.1) is 11.8 Å². The van der Waals surface area contributed by atoms with E-state index in [2.05, 4.69) is 37.3 Å². The van der Waals surface area contributed by atoms with Crippen molar-refractivity contribution in [2.24, 2.45) is 0 Å². The predicted molar refractivity (Wildman–Crippen MR) is 166 cm³/mol. The zero-order valence-electron chi connectivity index (χ0n) is 25.4. The number of carbonyl (C=O) groups excluding carboxylic acids is 2. The highest BCUT2D eigenvalue weighted by atomic mass is 16.6. The second-order valence-electron chi connectivity index (χ2n) is 11.1. The maximum absolute atomic E-state index is 12.9. The number of carbonyl (C=O) groups is 2. The summed E-state index contributed by atoms with van der Waals surface area (Å²) in [6.45, 7) is 10.3. The number of nitrogens with zero attached hydrogens (tertiary/aromatic N) is 5. The molecule has 4 rings (SSSR count). The van der Waals surface area contributed by atoms with E-state index in [9.17, 15) is 9.59 Å². The number of aromatic nitrogens is 3. The normalized spacial score (nSPS) is 13.7. The zero-order valence-corrected chi connectivity index (χ0v) is 25.4. The lowest BCUT2D eigenvalue weighted by molar-refractivity contribution is -0.120. The van der Waals surface area contributed by atoms with Gasteiger partial charge >= 0.3 is 6.09 Å². The SMILES string of the molecule is C[C@@H](C(=O)Nc1cccc(C#Cc2cnc(NCCc3ccncc3)nc2N2CCOCC2)c1)N(C)C(=O)OC(C)(C)C. The molecule has 1 saturated heterocycles. The Morgan fingerprint density at radius 3 is 2.60 bits per heavy atom. The molecule has 0 saturated carbocycles. The first-order valence-electron chi connectivity index (χ1n) is 14.3. The van der Waals surface area contributed by atoms with E-state index in [0.717, 1.165) is 12.2 Å². The third-order valence-corrected chi connectivity index (χ3v) is 6.64. The average Bonchev–Trinajstić information content (AvgIpc) is 3.00. The number of nitrogens with one attached hydrogen (secondary N) is 2. The van der Waals surface area contributed by atoms with E-state index in [1.165, 1.54) is 17.5 Å². The monoisotopic (exact) mass is 585 g/mol. The molecule has 2 aromatic heterocycles. The number of benzene rings is 1. The molecule has 1 aliphatic rings. The number of hydrogen-bond donors (Lipinski definition) is 2. The number of ether oxygens (including phenoxy) is 2. The molecule has 1 fully saturated rings. The Labute approximate surface area is 253 Å². The van der Waals surface area contributed by atoms with Crippen molar-refractivity contribution in [2.75, 3.05) is 55.4 Å². The van der Waals surface area contributed by atoms with Gasteiger partial charge < -0.3 is 25.0 Å². The fourth-order valence-corrected chi connectivity index (χ4v) is 4.16. The van der Waals surface area contributed by atoms with Gasteiger partial charge in [-0.05, 0) is 70.0 Å². The van der Waals surface area contributed by atoms with E-state index in [4.69, 9.17) is 14.5 Å². The molecular weight excluding hydrogens is 546 g/mol. The molecule has 3 aromatic rings. The number of rotatable bonds is 8. The molecule has 226 valence electrons. The predicted octanol–water partition coefficient (Wildman–Crippen LogP) is 3.96. The first-order chi connectivity index (χ1) is 20.6. The number of amides is 2. The van der Waals surface area contributed by atoms with Gasteiger partial charge in [-0.15, -0.1) is 0 Å². The van der Waals surface area contributed by atoms with Crippen LogP contribution in [0.1, 0.15) is 44.4 Å². The van der Waals surface area contributed by atoms with Gasteiger partial charge in [0.05, 0.1) is 25.0 Å². The van der Waals surface area contributed by atoms with Crippen molar-refractivity contribution < 1.29 is 19.1 Å². The second kappa shape index (κ2) is 14.5. The number of pyridine rings is 1. The van der Waals surface area contributed by atoms with Gasteiger partial charge in [-0.2, -0.15) is 4.98 Å². The Balaban J connectivity index is 1.46. The average molecular weight is 586 g/mol. The number of morpholine rings is 1. The molecule has 0 aliphatic carbocycles. The summed E-state index contributed by atoms with van der Waals surface area (Å²) in [5.41, 5.74) is 2.50. The summed E-state index contributed by atoms with van der Waals surface area (Å²) >= 11 is 0. The molecular formula is C32H39N7O4. The minimum Gasteiger partial charge on any atom is -0.444 e. The summed E-state index contributed by atoms with van der Waals surface area (Å²) < 4.78 is 10.9. The Kier molecular flexibility index (Phi) is 10.5. The summed E-state index contributed by atoms with van der Waals surface area (Å²) in [5.74, 6) is 7.35. The lowest BCUT2D eigenvalue weighted by Gasteiger charge is -2.28. The maximum atomic E-state index is 12.9. The summed E-state index contributed by atoms with van der Waals surface area (Å²) in [6.07, 6.45) is 5.56. The smallest absolute Gasteiger partial charge is 0.410 e. The van der Waals surface area contributed by atoms with E-state index in [1.807, 2.05) is 24.3 Å². The zero-order chi connectivity index (χ0) is 30.8. The molecule has 2 amide bonds. The van der Waals surface area contributed by atoms with Crippen molar-refractivity contribution in [2.45, 2.75) is 45.8 Å². The molecule has 0 unspecified atom stereocenters. The van der Waals surface area contributed by atoms with Crippen LogP contribution in [0.3, 0.4) is 0 Å². The third kappa shape index (κ3) is 9.41. The van der Waals surface area contributed by atoms with E-state index in [1.54, 1.807) is 58.4 Å². The molecule has 1 aromatic carbocycles. The van der Waals surface area contributed by atoms with Crippen LogP contribution in [0.4, 0.5) is 22.2 Å². The van der Waals surface area contributed by atoms with Gasteiger partial charge in [0, 0.05) is 50.3 Å². The summed E-state index contributed by atoms with van der Waals surface area (Å²) in [7, 11) is 1.54. The van der Waals surface area contributed by atoms with Gasteiger partial charge in [0.2, 0.25) is 11.9 Å². The molecule has 0 radical (unpaired) electrons. The van der Waals surface area contributed by atoms with Crippen molar-refractivity contribution in [1.82, 2.24) is 19.9 Å². The molecule has 0 spiro atoms. The molecule has 1 atom stereocenters. The topological polar surface area (TPSA) is 122 Å². The van der Waals surface area contributed by atoms with Crippen molar-refractivity contribution in [3.8, 4) is 11.8 Å². The van der Waals surface area contributed by atoms with Crippen molar-refractivity contribution in [3.63, 3.8) is 0 Å². The molecule has 2 N–H and O–H groups in total. The van der Waals surface area contributed by atoms with Crippen LogP contribution >= 0.6 is 0 Å². The number of likely N-dealkylation sites (N-methyl/N-ethyl adjacent to an activating group) is 1. The number of anilines is 3. The molecule has 11 heteroatoms. The standard InChI is InChI=1S/C32H39N7O4/c1-23(38(5)31(41)43-32(2,3)4)29(40)36-27-8-6-7-25(21-27)9-10-26-22-35-30(34-16-13-24-11-14-33-15-12-24)37-28(26)39-17-19-42-20-18-39/h6-8,11-12,14-15,21-23H,13,16-20H2,1-5H3,(H,36,40)(H,34,35,37)/t23-/m0/s1. The van der Waals surface area contributed by atoms with E-state index >= 15 is 0 Å². The van der Waals surface area contributed by atoms with E-state index in [0.29, 0.717) is 55.6 Å². The van der Waals surface area contributed by atoms with Gasteiger partial charge in [0.15, 0.2) is 0 Å². The minimum absolute atomic E-state index is 0.339. The summed E-state index contributed by atoms with van der Waals surface area (Å²) in [6, 6.07) is 10.5. The van der Waals surface area contributed by atoms with Gasteiger partial charge in [0.1, 0.15) is 17.5 Å². The Morgan fingerprint density at radius 1 is 1.14 bits per heavy atom. The van der Waals surface area contributed by atoms with Gasteiger partial charge in [-0.1, -0.05) is 17.9 Å². The maximum Gasteiger partial charge on any atom is 0.410 e. The first kappa shape index (κ1) is 31.3. The van der Waals surface area contributed by atoms with Crippen LogP contribution in [0.25, 0.3) is 0 Å². The third-order valence-electron chi connectivity index (χ3n) is 6.64. The quantitative estimate of drug-likeness (QED) is 0.379. The van der Waals surface area contributed by atoms with Crippen molar-refractivity contribution in [3.05, 3.63) is 71.7 Å². The van der Waals surface area contributed by atoms with E-state index in [-0.39, 0.29) is 5.91 Å². The van der Waals surface area contributed by atoms with Crippen LogP contribution in [0.5, 0.6) is 0 Å². The molecule has 0 bridgehead atoms. The molecule has 3 heterocycles. The van der Waals surface area contributed by atoms with E-state index < -0.39 is 17.7 Å². The summed E-state index contributed by atoms with van der Waals surface area (Å²) in [4.78, 5) is 42.1. The lowest BCUT2D eigenvalue weighted by atomic mass is 10.1. The molecule has 43 heavy (non-hydrogen) atoms. The van der Waals surface area contributed by atoms with Crippen LogP contribution < -0.4 is 15.5 Å². The Hall–Kier alpha value is -4.69. The van der Waals surface area contributed by atoms with Crippen LogP contribution in [-0.2, 0) is 20.7 Å². The van der Waals surface area contributed by atoms with Crippen LogP contribution in [-0.4, -0.2) is 83.4 Å². The Morgan fingerprint density at radius 2 is 1.88 bits per heavy atom. The van der Waals surface area contributed by atoms with Gasteiger partial charge in [0.25, 0.3) is 0 Å². The van der Waals surface area contributed by atoms with Crippen LogP contribution in [0.2, 0.25) is 0 Å². The lowest BCUT2D eigenvalue weighted by Crippen LogP contribution is -2.45. The van der Waals surface area contributed by atoms with Crippen molar-refractivity contribution >= 4 is 29.5 Å². The summed E-state index contributed by atoms with van der Waals surface area (Å²) in [5, 5.41) is 6.18. The fourth-order valence-electron chi connectivity index (χ4n) is 4.16.